The molecule has 2 aromatic carbocycles. The van der Waals surface area contributed by atoms with Gasteiger partial charge in [-0.3, -0.25) is 4.90 Å². The molecule has 0 saturated heterocycles. The minimum Gasteiger partial charge on any atom is -0.496 e. The summed E-state index contributed by atoms with van der Waals surface area (Å²) >= 11 is 6.26. The van der Waals surface area contributed by atoms with Crippen LogP contribution in [0.3, 0.4) is 0 Å². The first-order valence-electron chi connectivity index (χ1n) is 10.1. The zero-order chi connectivity index (χ0) is 21.1. The van der Waals surface area contributed by atoms with E-state index in [-0.39, 0.29) is 6.04 Å². The number of hydrogen-bond acceptors (Lipinski definition) is 4. The second-order valence-electron chi connectivity index (χ2n) is 7.43. The number of rotatable bonds is 6. The summed E-state index contributed by atoms with van der Waals surface area (Å²) in [6.45, 7) is 2.73. The number of aromatic nitrogens is 1. The molecule has 1 atom stereocenters. The van der Waals surface area contributed by atoms with E-state index in [2.05, 4.69) is 33.9 Å². The summed E-state index contributed by atoms with van der Waals surface area (Å²) in [6, 6.07) is 16.3. The van der Waals surface area contributed by atoms with Gasteiger partial charge in [-0.2, -0.15) is 0 Å². The molecule has 0 fully saturated rings. The van der Waals surface area contributed by atoms with E-state index in [4.69, 9.17) is 25.8 Å². The van der Waals surface area contributed by atoms with Crippen LogP contribution in [0, 0.1) is 0 Å². The predicted octanol–water partition coefficient (Wildman–Crippen LogP) is 5.16. The number of fused-ring (bicyclic) bond motifs is 1. The van der Waals surface area contributed by atoms with Crippen LogP contribution in [0.4, 0.5) is 0 Å². The van der Waals surface area contributed by atoms with Gasteiger partial charge in [-0.25, -0.2) is 0 Å². The van der Waals surface area contributed by atoms with Crippen LogP contribution >= 0.6 is 11.6 Å². The van der Waals surface area contributed by atoms with Crippen molar-refractivity contribution in [2.75, 3.05) is 27.9 Å². The van der Waals surface area contributed by atoms with E-state index in [9.17, 15) is 0 Å². The Kier molecular flexibility index (Phi) is 6.21. The third kappa shape index (κ3) is 4.00. The van der Waals surface area contributed by atoms with Crippen molar-refractivity contribution in [3.63, 3.8) is 0 Å². The third-order valence-corrected chi connectivity index (χ3v) is 5.89. The van der Waals surface area contributed by atoms with Crippen LogP contribution in [0.15, 0.2) is 54.7 Å². The van der Waals surface area contributed by atoms with Gasteiger partial charge in [0.2, 0.25) is 0 Å². The third-order valence-electron chi connectivity index (χ3n) is 5.66. The van der Waals surface area contributed by atoms with E-state index in [1.165, 1.54) is 11.3 Å². The molecule has 1 aliphatic rings. The van der Waals surface area contributed by atoms with Crippen molar-refractivity contribution in [1.82, 2.24) is 9.47 Å². The van der Waals surface area contributed by atoms with Crippen LogP contribution in [0.5, 0.6) is 17.2 Å². The Bertz CT molecular complexity index is 1020. The molecule has 0 saturated carbocycles. The summed E-state index contributed by atoms with van der Waals surface area (Å²) < 4.78 is 19.2. The van der Waals surface area contributed by atoms with E-state index < -0.39 is 0 Å². The molecule has 4 rings (SSSR count). The van der Waals surface area contributed by atoms with Crippen molar-refractivity contribution in [1.29, 1.82) is 0 Å². The molecule has 1 aliphatic heterocycles. The van der Waals surface area contributed by atoms with Crippen LogP contribution < -0.4 is 14.2 Å². The molecular formula is C24H27ClN2O3. The maximum absolute atomic E-state index is 6.26. The Hall–Kier alpha value is -2.63. The van der Waals surface area contributed by atoms with Crippen molar-refractivity contribution in [2.45, 2.75) is 25.6 Å². The second-order valence-corrected chi connectivity index (χ2v) is 7.87. The molecule has 158 valence electrons. The lowest BCUT2D eigenvalue weighted by Gasteiger charge is -2.32. The summed E-state index contributed by atoms with van der Waals surface area (Å²) in [5.41, 5.74) is 3.48. The Morgan fingerprint density at radius 2 is 1.67 bits per heavy atom. The van der Waals surface area contributed by atoms with Gasteiger partial charge in [-0.05, 0) is 42.3 Å². The number of benzene rings is 2. The molecule has 1 aromatic heterocycles. The van der Waals surface area contributed by atoms with Crippen molar-refractivity contribution in [3.8, 4) is 17.2 Å². The average Bonchev–Trinajstić information content (AvgIpc) is 3.14. The first-order chi connectivity index (χ1) is 14.6. The number of halogens is 1. The molecule has 0 unspecified atom stereocenters. The van der Waals surface area contributed by atoms with Crippen LogP contribution in [-0.4, -0.2) is 37.3 Å². The minimum atomic E-state index is 0.0104. The van der Waals surface area contributed by atoms with Crippen molar-refractivity contribution >= 4 is 11.6 Å². The van der Waals surface area contributed by atoms with E-state index in [0.29, 0.717) is 11.5 Å². The fraction of sp³-hybridized carbons (Fsp3) is 0.333. The summed E-state index contributed by atoms with van der Waals surface area (Å²) in [4.78, 5) is 2.48. The highest BCUT2D eigenvalue weighted by Crippen LogP contribution is 2.43. The standard InChI is InChI=1S/C24H27ClN2O3/c1-28-21-15-23(30-3)22(29-2)14-19(21)24-20-9-5-10-26(20)11-6-12-27(24)16-17-7-4-8-18(25)13-17/h4-5,7-10,13-15,24H,6,11-12,16H2,1-3H3/t24-/m0/s1. The highest BCUT2D eigenvalue weighted by molar-refractivity contribution is 6.30. The molecule has 0 bridgehead atoms. The van der Waals surface area contributed by atoms with Gasteiger partial charge in [0.25, 0.3) is 0 Å². The first-order valence-corrected chi connectivity index (χ1v) is 10.5. The normalized spacial score (nSPS) is 16.6. The van der Waals surface area contributed by atoms with E-state index in [1.807, 2.05) is 30.3 Å². The van der Waals surface area contributed by atoms with Crippen molar-refractivity contribution in [3.05, 3.63) is 76.6 Å². The Morgan fingerprint density at radius 3 is 2.40 bits per heavy atom. The quantitative estimate of drug-likeness (QED) is 0.545. The number of ether oxygens (including phenoxy) is 3. The summed E-state index contributed by atoms with van der Waals surface area (Å²) in [6.07, 6.45) is 3.22. The van der Waals surface area contributed by atoms with Crippen LogP contribution in [0.2, 0.25) is 5.02 Å². The monoisotopic (exact) mass is 426 g/mol. The fourth-order valence-corrected chi connectivity index (χ4v) is 4.52. The minimum absolute atomic E-state index is 0.0104. The predicted molar refractivity (Wildman–Crippen MR) is 119 cm³/mol. The van der Waals surface area contributed by atoms with Crippen molar-refractivity contribution in [2.24, 2.45) is 0 Å². The SMILES string of the molecule is COc1cc(OC)c([C@H]2c3cccn3CCCN2Cc2cccc(Cl)c2)cc1OC. The van der Waals surface area contributed by atoms with Gasteiger partial charge in [0.05, 0.1) is 27.4 Å². The topological polar surface area (TPSA) is 35.9 Å². The van der Waals surface area contributed by atoms with Gasteiger partial charge < -0.3 is 18.8 Å². The lowest BCUT2D eigenvalue weighted by Crippen LogP contribution is -2.30. The Labute approximate surface area is 182 Å². The fourth-order valence-electron chi connectivity index (χ4n) is 4.30. The average molecular weight is 427 g/mol. The van der Waals surface area contributed by atoms with Gasteiger partial charge in [0.1, 0.15) is 5.75 Å². The molecule has 0 spiro atoms. The smallest absolute Gasteiger partial charge is 0.164 e. The lowest BCUT2D eigenvalue weighted by atomic mass is 9.99. The molecule has 5 nitrogen and oxygen atoms in total. The highest BCUT2D eigenvalue weighted by atomic mass is 35.5. The molecule has 2 heterocycles. The summed E-state index contributed by atoms with van der Waals surface area (Å²) in [7, 11) is 4.99. The molecule has 0 amide bonds. The van der Waals surface area contributed by atoms with E-state index in [1.54, 1.807) is 21.3 Å². The van der Waals surface area contributed by atoms with Gasteiger partial charge >= 0.3 is 0 Å². The Balaban J connectivity index is 1.84. The molecule has 6 heteroatoms. The zero-order valence-electron chi connectivity index (χ0n) is 17.6. The molecule has 30 heavy (non-hydrogen) atoms. The number of methoxy groups -OCH3 is 3. The zero-order valence-corrected chi connectivity index (χ0v) is 18.4. The van der Waals surface area contributed by atoms with Gasteiger partial charge in [-0.1, -0.05) is 23.7 Å². The maximum atomic E-state index is 6.26. The second kappa shape index (κ2) is 9.02. The molecular weight excluding hydrogens is 400 g/mol. The molecule has 0 aliphatic carbocycles. The summed E-state index contributed by atoms with van der Waals surface area (Å²) in [5.74, 6) is 2.13. The number of nitrogens with zero attached hydrogens (tertiary/aromatic N) is 2. The highest BCUT2D eigenvalue weighted by Gasteiger charge is 2.31. The molecule has 0 N–H and O–H groups in total. The first kappa shape index (κ1) is 20.6. The number of aryl methyl sites for hydroxylation is 1. The van der Waals surface area contributed by atoms with Gasteiger partial charge in [0.15, 0.2) is 11.5 Å². The maximum Gasteiger partial charge on any atom is 0.164 e. The van der Waals surface area contributed by atoms with Gasteiger partial charge in [0, 0.05) is 48.2 Å². The van der Waals surface area contributed by atoms with Gasteiger partial charge in [-0.15, -0.1) is 0 Å². The number of hydrogen-bond donors (Lipinski definition) is 0. The molecule has 0 radical (unpaired) electrons. The lowest BCUT2D eigenvalue weighted by molar-refractivity contribution is 0.215. The largest absolute Gasteiger partial charge is 0.496 e. The summed E-state index contributed by atoms with van der Waals surface area (Å²) in [5, 5.41) is 0.756. The van der Waals surface area contributed by atoms with Crippen molar-refractivity contribution < 1.29 is 14.2 Å². The van der Waals surface area contributed by atoms with Crippen LogP contribution in [0.25, 0.3) is 0 Å². The van der Waals surface area contributed by atoms with Crippen LogP contribution in [0.1, 0.15) is 29.3 Å². The van der Waals surface area contributed by atoms with E-state index >= 15 is 0 Å². The molecule has 3 aromatic rings. The van der Waals surface area contributed by atoms with Crippen LogP contribution in [-0.2, 0) is 13.1 Å². The van der Waals surface area contributed by atoms with E-state index in [0.717, 1.165) is 42.4 Å². The Morgan fingerprint density at radius 1 is 0.900 bits per heavy atom.